The van der Waals surface area contributed by atoms with Crippen LogP contribution in [0.3, 0.4) is 0 Å². The van der Waals surface area contributed by atoms with E-state index in [9.17, 15) is 9.90 Å². The average Bonchev–Trinajstić information content (AvgIpc) is 2.44. The number of nitrogens with zero attached hydrogens (tertiary/aromatic N) is 1. The first kappa shape index (κ1) is 10.9. The molecule has 0 amide bonds. The molecule has 0 aromatic rings. The van der Waals surface area contributed by atoms with Crippen molar-refractivity contribution in [3.63, 3.8) is 0 Å². The zero-order valence-corrected chi connectivity index (χ0v) is 9.09. The van der Waals surface area contributed by atoms with Gasteiger partial charge in [-0.15, -0.1) is 0 Å². The van der Waals surface area contributed by atoms with Gasteiger partial charge in [-0.2, -0.15) is 0 Å². The highest BCUT2D eigenvalue weighted by atomic mass is 16.4. The summed E-state index contributed by atoms with van der Waals surface area (Å²) in [4.78, 5) is 13.3. The van der Waals surface area contributed by atoms with E-state index in [1.807, 2.05) is 6.92 Å². The van der Waals surface area contributed by atoms with Crippen molar-refractivity contribution in [3.05, 3.63) is 0 Å². The van der Waals surface area contributed by atoms with Crippen LogP contribution in [0.1, 0.15) is 39.0 Å². The molecule has 2 bridgehead atoms. The molecule has 2 saturated heterocycles. The summed E-state index contributed by atoms with van der Waals surface area (Å²) in [5, 5.41) is 18.8. The molecule has 3 unspecified atom stereocenters. The highest BCUT2D eigenvalue weighted by Crippen LogP contribution is 2.37. The van der Waals surface area contributed by atoms with Crippen LogP contribution in [0.4, 0.5) is 0 Å². The van der Waals surface area contributed by atoms with E-state index in [4.69, 9.17) is 5.11 Å². The Morgan fingerprint density at radius 1 is 1.40 bits per heavy atom. The second kappa shape index (κ2) is 4.10. The zero-order valence-electron chi connectivity index (χ0n) is 9.09. The number of aliphatic hydroxyl groups is 1. The van der Waals surface area contributed by atoms with E-state index in [2.05, 4.69) is 4.90 Å². The van der Waals surface area contributed by atoms with Crippen LogP contribution in [-0.2, 0) is 4.79 Å². The minimum Gasteiger partial charge on any atom is -0.480 e. The highest BCUT2D eigenvalue weighted by Gasteiger charge is 2.44. The van der Waals surface area contributed by atoms with E-state index in [1.54, 1.807) is 0 Å². The minimum absolute atomic E-state index is 0.218. The number of rotatable bonds is 3. The lowest BCUT2D eigenvalue weighted by molar-refractivity contribution is -0.146. The van der Waals surface area contributed by atoms with Crippen molar-refractivity contribution in [3.8, 4) is 0 Å². The Bertz CT molecular complexity index is 242. The fourth-order valence-electron chi connectivity index (χ4n) is 3.21. The van der Waals surface area contributed by atoms with Crippen molar-refractivity contribution in [1.82, 2.24) is 4.90 Å². The molecule has 4 nitrogen and oxygen atoms in total. The number of carbonyl (C=O) groups is 1. The van der Waals surface area contributed by atoms with Gasteiger partial charge in [0.15, 0.2) is 0 Å². The van der Waals surface area contributed by atoms with Gasteiger partial charge in [-0.05, 0) is 32.1 Å². The third kappa shape index (κ3) is 1.88. The Hall–Kier alpha value is -0.610. The van der Waals surface area contributed by atoms with Crippen LogP contribution in [0.5, 0.6) is 0 Å². The van der Waals surface area contributed by atoms with Crippen LogP contribution in [0.25, 0.3) is 0 Å². The van der Waals surface area contributed by atoms with Crippen molar-refractivity contribution < 1.29 is 15.0 Å². The molecule has 0 radical (unpaired) electrons. The van der Waals surface area contributed by atoms with Gasteiger partial charge in [-0.25, -0.2) is 0 Å². The number of fused-ring (bicyclic) bond motifs is 2. The molecule has 0 aliphatic carbocycles. The third-order valence-corrected chi connectivity index (χ3v) is 3.80. The Balaban J connectivity index is 2.13. The summed E-state index contributed by atoms with van der Waals surface area (Å²) in [6, 6.07) is 0.231. The smallest absolute Gasteiger partial charge is 0.320 e. The first-order valence-corrected chi connectivity index (χ1v) is 5.81. The fraction of sp³-hybridized carbons (Fsp3) is 0.909. The zero-order chi connectivity index (χ0) is 11.0. The maximum Gasteiger partial charge on any atom is 0.320 e. The third-order valence-electron chi connectivity index (χ3n) is 3.80. The van der Waals surface area contributed by atoms with Crippen molar-refractivity contribution in [1.29, 1.82) is 0 Å². The van der Waals surface area contributed by atoms with Gasteiger partial charge in [0.25, 0.3) is 0 Å². The maximum absolute atomic E-state index is 11.1. The van der Waals surface area contributed by atoms with Gasteiger partial charge in [0, 0.05) is 12.1 Å². The van der Waals surface area contributed by atoms with Crippen molar-refractivity contribution in [2.24, 2.45) is 0 Å². The topological polar surface area (TPSA) is 60.8 Å². The number of hydrogen-bond donors (Lipinski definition) is 2. The van der Waals surface area contributed by atoms with Crippen LogP contribution < -0.4 is 0 Å². The van der Waals surface area contributed by atoms with Gasteiger partial charge in [0.2, 0.25) is 0 Å². The summed E-state index contributed by atoms with van der Waals surface area (Å²) in [5.41, 5.74) is 0. The first-order chi connectivity index (χ1) is 7.13. The number of hydrogen-bond acceptors (Lipinski definition) is 3. The highest BCUT2D eigenvalue weighted by molar-refractivity contribution is 5.73. The summed E-state index contributed by atoms with van der Waals surface area (Å²) in [7, 11) is 0. The van der Waals surface area contributed by atoms with Crippen LogP contribution in [-0.4, -0.2) is 45.3 Å². The van der Waals surface area contributed by atoms with Crippen LogP contribution in [0.2, 0.25) is 0 Å². The number of piperidine rings is 1. The average molecular weight is 213 g/mol. The van der Waals surface area contributed by atoms with Gasteiger partial charge < -0.3 is 10.2 Å². The molecular formula is C11H19NO3. The Morgan fingerprint density at radius 2 is 1.93 bits per heavy atom. The molecule has 0 saturated carbocycles. The van der Waals surface area contributed by atoms with E-state index < -0.39 is 5.97 Å². The van der Waals surface area contributed by atoms with E-state index in [0.29, 0.717) is 18.5 Å². The SMILES string of the molecule is CCC(C(=O)O)N1C2CCC1CC(O)C2. The van der Waals surface area contributed by atoms with Crippen molar-refractivity contribution in [2.45, 2.75) is 63.3 Å². The van der Waals surface area contributed by atoms with Gasteiger partial charge >= 0.3 is 5.97 Å². The molecule has 2 N–H and O–H groups in total. The molecule has 2 fully saturated rings. The van der Waals surface area contributed by atoms with Gasteiger partial charge in [-0.3, -0.25) is 9.69 Å². The summed E-state index contributed by atoms with van der Waals surface area (Å²) in [6.45, 7) is 1.92. The lowest BCUT2D eigenvalue weighted by Crippen LogP contribution is -2.52. The summed E-state index contributed by atoms with van der Waals surface area (Å²) >= 11 is 0. The van der Waals surface area contributed by atoms with E-state index in [1.165, 1.54) is 0 Å². The normalized spacial score (nSPS) is 37.9. The Labute approximate surface area is 89.9 Å². The Kier molecular flexibility index (Phi) is 2.98. The molecule has 4 heteroatoms. The quantitative estimate of drug-likeness (QED) is 0.729. The molecule has 0 spiro atoms. The predicted molar refractivity (Wildman–Crippen MR) is 55.6 cm³/mol. The molecule has 2 aliphatic heterocycles. The van der Waals surface area contributed by atoms with Crippen LogP contribution in [0, 0.1) is 0 Å². The van der Waals surface area contributed by atoms with Crippen LogP contribution in [0.15, 0.2) is 0 Å². The van der Waals surface area contributed by atoms with Gasteiger partial charge in [0.1, 0.15) is 6.04 Å². The summed E-state index contributed by atoms with van der Waals surface area (Å²) < 4.78 is 0. The second-order valence-corrected chi connectivity index (χ2v) is 4.72. The standard InChI is InChI=1S/C11H19NO3/c1-2-10(11(14)15)12-7-3-4-8(12)6-9(13)5-7/h7-10,13H,2-6H2,1H3,(H,14,15). The van der Waals surface area contributed by atoms with E-state index >= 15 is 0 Å². The second-order valence-electron chi connectivity index (χ2n) is 4.72. The predicted octanol–water partition coefficient (Wildman–Crippen LogP) is 0.837. The molecule has 15 heavy (non-hydrogen) atoms. The lowest BCUT2D eigenvalue weighted by Gasteiger charge is -2.40. The minimum atomic E-state index is -0.717. The van der Waals surface area contributed by atoms with Crippen molar-refractivity contribution in [2.75, 3.05) is 0 Å². The first-order valence-electron chi connectivity index (χ1n) is 5.81. The molecule has 86 valence electrons. The molecule has 3 atom stereocenters. The fourth-order valence-corrected chi connectivity index (χ4v) is 3.21. The molecule has 2 heterocycles. The summed E-state index contributed by atoms with van der Waals surface area (Å²) in [5.74, 6) is -0.717. The molecule has 0 aromatic carbocycles. The number of carboxylic acid groups (broad SMARTS) is 1. The molecular weight excluding hydrogens is 194 g/mol. The summed E-state index contributed by atoms with van der Waals surface area (Å²) in [6.07, 6.45) is 4.03. The van der Waals surface area contributed by atoms with E-state index in [-0.39, 0.29) is 12.1 Å². The largest absolute Gasteiger partial charge is 0.480 e. The lowest BCUT2D eigenvalue weighted by atomic mass is 9.97. The van der Waals surface area contributed by atoms with Crippen LogP contribution >= 0.6 is 0 Å². The monoisotopic (exact) mass is 213 g/mol. The number of aliphatic hydroxyl groups excluding tert-OH is 1. The molecule has 2 rings (SSSR count). The number of aliphatic carboxylic acids is 1. The molecule has 2 aliphatic rings. The molecule has 0 aromatic heterocycles. The van der Waals surface area contributed by atoms with Crippen molar-refractivity contribution >= 4 is 5.97 Å². The van der Waals surface area contributed by atoms with E-state index in [0.717, 1.165) is 25.7 Å². The van der Waals surface area contributed by atoms with Gasteiger partial charge in [-0.1, -0.05) is 6.92 Å². The number of carboxylic acids is 1. The maximum atomic E-state index is 11.1. The van der Waals surface area contributed by atoms with Gasteiger partial charge in [0.05, 0.1) is 6.10 Å². The Morgan fingerprint density at radius 3 is 2.33 bits per heavy atom.